The summed E-state index contributed by atoms with van der Waals surface area (Å²) in [5.74, 6) is -0.213. The minimum atomic E-state index is -0.511. The van der Waals surface area contributed by atoms with Crippen molar-refractivity contribution in [3.8, 4) is 5.95 Å². The summed E-state index contributed by atoms with van der Waals surface area (Å²) < 4.78 is 1.41. The van der Waals surface area contributed by atoms with E-state index in [1.165, 1.54) is 10.9 Å². The van der Waals surface area contributed by atoms with Gasteiger partial charge in [0.2, 0.25) is 5.95 Å². The maximum absolute atomic E-state index is 12.3. The average molecular weight is 309 g/mol. The Labute approximate surface area is 132 Å². The van der Waals surface area contributed by atoms with E-state index in [1.807, 2.05) is 37.3 Å². The monoisotopic (exact) mass is 309 g/mol. The predicted molar refractivity (Wildman–Crippen MR) is 84.3 cm³/mol. The number of hydrogen-bond acceptors (Lipinski definition) is 4. The molecule has 116 valence electrons. The number of carbonyl (C=O) groups excluding carboxylic acids is 1. The highest BCUT2D eigenvalue weighted by molar-refractivity contribution is 5.93. The number of nitrogens with zero attached hydrogens (tertiary/aromatic N) is 3. The van der Waals surface area contributed by atoms with Crippen molar-refractivity contribution in [3.63, 3.8) is 0 Å². The molecule has 0 bridgehead atoms. The molecule has 2 N–H and O–H groups in total. The second-order valence-electron chi connectivity index (χ2n) is 5.01. The lowest BCUT2D eigenvalue weighted by atomic mass is 10.1. The molecular weight excluding hydrogens is 294 g/mol. The third-order valence-corrected chi connectivity index (χ3v) is 3.40. The number of carbonyl (C=O) groups is 1. The molecule has 0 saturated heterocycles. The molecule has 2 heterocycles. The number of nitrogens with one attached hydrogen (secondary N) is 2. The maximum Gasteiger partial charge on any atom is 0.265 e. The number of benzene rings is 1. The molecule has 2 aromatic heterocycles. The Morgan fingerprint density at radius 1 is 1.26 bits per heavy atom. The zero-order valence-electron chi connectivity index (χ0n) is 12.4. The first-order chi connectivity index (χ1) is 11.1. The fourth-order valence-electron chi connectivity index (χ4n) is 2.16. The van der Waals surface area contributed by atoms with Crippen LogP contribution in [0, 0.1) is 0 Å². The molecule has 0 saturated carbocycles. The summed E-state index contributed by atoms with van der Waals surface area (Å²) in [6, 6.07) is 11.0. The van der Waals surface area contributed by atoms with Crippen LogP contribution in [0.2, 0.25) is 0 Å². The zero-order chi connectivity index (χ0) is 16.2. The summed E-state index contributed by atoms with van der Waals surface area (Å²) >= 11 is 0. The minimum absolute atomic E-state index is 0.0383. The van der Waals surface area contributed by atoms with Crippen molar-refractivity contribution in [2.45, 2.75) is 13.0 Å². The number of aromatic nitrogens is 4. The summed E-state index contributed by atoms with van der Waals surface area (Å²) in [6.07, 6.45) is 4.47. The number of amides is 1. The lowest BCUT2D eigenvalue weighted by molar-refractivity contribution is 0.0938. The molecule has 3 aromatic rings. The van der Waals surface area contributed by atoms with Gasteiger partial charge in [0.25, 0.3) is 11.5 Å². The van der Waals surface area contributed by atoms with E-state index in [2.05, 4.69) is 20.4 Å². The molecular formula is C16H15N5O2. The van der Waals surface area contributed by atoms with Crippen LogP contribution in [0.3, 0.4) is 0 Å². The van der Waals surface area contributed by atoms with Crippen LogP contribution in [0.15, 0.2) is 59.8 Å². The zero-order valence-corrected chi connectivity index (χ0v) is 12.4. The average Bonchev–Trinajstić information content (AvgIpc) is 3.10. The van der Waals surface area contributed by atoms with Crippen LogP contribution >= 0.6 is 0 Å². The molecule has 3 rings (SSSR count). The van der Waals surface area contributed by atoms with E-state index >= 15 is 0 Å². The van der Waals surface area contributed by atoms with Gasteiger partial charge in [-0.2, -0.15) is 5.10 Å². The first-order valence-electron chi connectivity index (χ1n) is 7.10. The fraction of sp³-hybridized carbons (Fsp3) is 0.125. The molecule has 1 atom stereocenters. The summed E-state index contributed by atoms with van der Waals surface area (Å²) in [6.45, 7) is 1.85. The highest BCUT2D eigenvalue weighted by Crippen LogP contribution is 2.11. The summed E-state index contributed by atoms with van der Waals surface area (Å²) in [5, 5.41) is 6.76. The van der Waals surface area contributed by atoms with Gasteiger partial charge in [-0.3, -0.25) is 14.6 Å². The Morgan fingerprint density at radius 2 is 2.04 bits per heavy atom. The second kappa shape index (κ2) is 6.27. The molecule has 23 heavy (non-hydrogen) atoms. The molecule has 7 heteroatoms. The van der Waals surface area contributed by atoms with Gasteiger partial charge in [-0.1, -0.05) is 30.3 Å². The Bertz CT molecular complexity index is 856. The van der Waals surface area contributed by atoms with E-state index in [9.17, 15) is 9.59 Å². The second-order valence-corrected chi connectivity index (χ2v) is 5.01. The topological polar surface area (TPSA) is 92.7 Å². The number of aromatic amines is 1. The first kappa shape index (κ1) is 14.7. The molecule has 1 amide bonds. The Hall–Kier alpha value is -3.22. The van der Waals surface area contributed by atoms with E-state index in [4.69, 9.17) is 0 Å². The van der Waals surface area contributed by atoms with Gasteiger partial charge in [0.15, 0.2) is 0 Å². The smallest absolute Gasteiger partial charge is 0.265 e. The summed E-state index contributed by atoms with van der Waals surface area (Å²) in [5.41, 5.74) is 0.408. The van der Waals surface area contributed by atoms with Crippen LogP contribution in [0.1, 0.15) is 28.9 Å². The van der Waals surface area contributed by atoms with Crippen molar-refractivity contribution in [3.05, 3.63) is 76.5 Å². The third kappa shape index (κ3) is 3.18. The van der Waals surface area contributed by atoms with Crippen LogP contribution in [-0.4, -0.2) is 25.7 Å². The van der Waals surface area contributed by atoms with Crippen molar-refractivity contribution in [1.82, 2.24) is 25.1 Å². The highest BCUT2D eigenvalue weighted by atomic mass is 16.2. The van der Waals surface area contributed by atoms with Gasteiger partial charge in [0, 0.05) is 18.6 Å². The van der Waals surface area contributed by atoms with E-state index in [0.29, 0.717) is 0 Å². The molecule has 0 aliphatic rings. The van der Waals surface area contributed by atoms with E-state index < -0.39 is 11.5 Å². The minimum Gasteiger partial charge on any atom is -0.345 e. The van der Waals surface area contributed by atoms with Crippen molar-refractivity contribution in [2.75, 3.05) is 0 Å². The highest BCUT2D eigenvalue weighted by Gasteiger charge is 2.15. The van der Waals surface area contributed by atoms with Crippen molar-refractivity contribution in [2.24, 2.45) is 0 Å². The molecule has 7 nitrogen and oxygen atoms in total. The van der Waals surface area contributed by atoms with Gasteiger partial charge in [-0.05, 0) is 18.6 Å². The van der Waals surface area contributed by atoms with Gasteiger partial charge in [0.05, 0.1) is 6.04 Å². The number of hydrogen-bond donors (Lipinski definition) is 2. The number of H-pyrrole nitrogens is 1. The van der Waals surface area contributed by atoms with Crippen LogP contribution in [0.25, 0.3) is 5.95 Å². The lowest BCUT2D eigenvalue weighted by Gasteiger charge is -2.13. The van der Waals surface area contributed by atoms with Gasteiger partial charge >= 0.3 is 0 Å². The Kier molecular flexibility index (Phi) is 4.01. The van der Waals surface area contributed by atoms with Crippen molar-refractivity contribution in [1.29, 1.82) is 0 Å². The van der Waals surface area contributed by atoms with Gasteiger partial charge in [-0.25, -0.2) is 9.67 Å². The summed E-state index contributed by atoms with van der Waals surface area (Å²) in [4.78, 5) is 31.0. The largest absolute Gasteiger partial charge is 0.345 e. The molecule has 0 unspecified atom stereocenters. The third-order valence-electron chi connectivity index (χ3n) is 3.40. The van der Waals surface area contributed by atoms with Crippen LogP contribution in [-0.2, 0) is 0 Å². The van der Waals surface area contributed by atoms with E-state index in [-0.39, 0.29) is 17.6 Å². The molecule has 0 fully saturated rings. The van der Waals surface area contributed by atoms with Gasteiger partial charge in [-0.15, -0.1) is 0 Å². The standard InChI is InChI=1S/C16H15N5O2/c1-11(12-6-3-2-4-7-12)19-14(22)13-10-17-16(20-15(13)23)21-9-5-8-18-21/h2-11H,1H3,(H,19,22)(H,17,20,23)/t11-/m0/s1. The Morgan fingerprint density at radius 3 is 2.70 bits per heavy atom. The SMILES string of the molecule is C[C@H](NC(=O)c1cnc(-n2cccn2)[nH]c1=O)c1ccccc1. The quantitative estimate of drug-likeness (QED) is 0.763. The molecule has 0 radical (unpaired) electrons. The maximum atomic E-state index is 12.3. The lowest BCUT2D eigenvalue weighted by Crippen LogP contribution is -2.32. The fourth-order valence-corrected chi connectivity index (χ4v) is 2.16. The van der Waals surface area contributed by atoms with E-state index in [0.717, 1.165) is 5.56 Å². The first-order valence-corrected chi connectivity index (χ1v) is 7.10. The van der Waals surface area contributed by atoms with Crippen LogP contribution < -0.4 is 10.9 Å². The number of rotatable bonds is 4. The van der Waals surface area contributed by atoms with Crippen molar-refractivity contribution < 1.29 is 4.79 Å². The predicted octanol–water partition coefficient (Wildman–Crippen LogP) is 1.45. The Balaban J connectivity index is 1.79. The van der Waals surface area contributed by atoms with Gasteiger partial charge in [0.1, 0.15) is 5.56 Å². The van der Waals surface area contributed by atoms with Crippen molar-refractivity contribution >= 4 is 5.91 Å². The summed E-state index contributed by atoms with van der Waals surface area (Å²) in [7, 11) is 0. The molecule has 0 aliphatic carbocycles. The van der Waals surface area contributed by atoms with Crippen LogP contribution in [0.5, 0.6) is 0 Å². The van der Waals surface area contributed by atoms with Crippen LogP contribution in [0.4, 0.5) is 0 Å². The normalized spacial score (nSPS) is 11.9. The van der Waals surface area contributed by atoms with Gasteiger partial charge < -0.3 is 5.32 Å². The van der Waals surface area contributed by atoms with E-state index in [1.54, 1.807) is 18.5 Å². The molecule has 0 spiro atoms. The molecule has 1 aromatic carbocycles. The molecule has 0 aliphatic heterocycles.